The number of hydrogen-bond donors (Lipinski definition) is 2. The van der Waals surface area contributed by atoms with E-state index in [2.05, 4.69) is 21.8 Å². The van der Waals surface area contributed by atoms with Gasteiger partial charge in [0.15, 0.2) is 0 Å². The Labute approximate surface area is 124 Å². The largest absolute Gasteiger partial charge is 0.508 e. The molecule has 0 radical (unpaired) electrons. The van der Waals surface area contributed by atoms with Crippen molar-refractivity contribution >= 4 is 11.0 Å². The van der Waals surface area contributed by atoms with Crippen LogP contribution >= 0.6 is 0 Å². The second-order valence-corrected chi connectivity index (χ2v) is 5.02. The highest BCUT2D eigenvalue weighted by Gasteiger charge is 2.18. The minimum Gasteiger partial charge on any atom is -0.508 e. The molecule has 21 heavy (non-hydrogen) atoms. The van der Waals surface area contributed by atoms with Crippen LogP contribution in [0.3, 0.4) is 0 Å². The zero-order valence-electron chi connectivity index (χ0n) is 12.8. The van der Waals surface area contributed by atoms with Crippen LogP contribution in [0.15, 0.2) is 18.2 Å². The van der Waals surface area contributed by atoms with E-state index in [4.69, 9.17) is 9.47 Å². The van der Waals surface area contributed by atoms with Crippen molar-refractivity contribution in [2.24, 2.45) is 0 Å². The SMILES string of the molecule is COCCN(CCOC)C(C)c1nc2ccc(O)cc2[nH]1. The van der Waals surface area contributed by atoms with Crippen LogP contribution in [0.2, 0.25) is 0 Å². The second kappa shape index (κ2) is 7.40. The molecule has 0 saturated carbocycles. The molecule has 2 aromatic rings. The van der Waals surface area contributed by atoms with E-state index in [0.29, 0.717) is 13.2 Å². The monoisotopic (exact) mass is 293 g/mol. The first-order valence-electron chi connectivity index (χ1n) is 7.06. The average Bonchev–Trinajstić information content (AvgIpc) is 2.89. The lowest BCUT2D eigenvalue weighted by molar-refractivity contribution is 0.0899. The van der Waals surface area contributed by atoms with Crippen LogP contribution in [-0.4, -0.2) is 60.5 Å². The van der Waals surface area contributed by atoms with Gasteiger partial charge in [0.1, 0.15) is 11.6 Å². The average molecular weight is 293 g/mol. The van der Waals surface area contributed by atoms with Gasteiger partial charge in [-0.2, -0.15) is 0 Å². The molecule has 2 N–H and O–H groups in total. The van der Waals surface area contributed by atoms with Gasteiger partial charge in [0.05, 0.1) is 30.3 Å². The lowest BCUT2D eigenvalue weighted by atomic mass is 10.2. The lowest BCUT2D eigenvalue weighted by Crippen LogP contribution is -2.33. The Morgan fingerprint density at radius 1 is 1.24 bits per heavy atom. The number of fused-ring (bicyclic) bond motifs is 1. The zero-order valence-corrected chi connectivity index (χ0v) is 12.8. The van der Waals surface area contributed by atoms with Crippen molar-refractivity contribution in [3.63, 3.8) is 0 Å². The fourth-order valence-electron chi connectivity index (χ4n) is 2.30. The Morgan fingerprint density at radius 3 is 2.52 bits per heavy atom. The third kappa shape index (κ3) is 3.93. The van der Waals surface area contributed by atoms with Crippen molar-refractivity contribution < 1.29 is 14.6 Å². The number of methoxy groups -OCH3 is 2. The number of nitrogens with one attached hydrogen (secondary N) is 1. The summed E-state index contributed by atoms with van der Waals surface area (Å²) in [5.74, 6) is 1.11. The number of H-pyrrole nitrogens is 1. The number of aromatic hydroxyl groups is 1. The Kier molecular flexibility index (Phi) is 5.55. The number of hydrogen-bond acceptors (Lipinski definition) is 5. The molecule has 6 heteroatoms. The molecule has 1 unspecified atom stereocenters. The summed E-state index contributed by atoms with van der Waals surface area (Å²) in [4.78, 5) is 10.1. The Hall–Kier alpha value is -1.63. The Morgan fingerprint density at radius 2 is 1.90 bits per heavy atom. The predicted molar refractivity (Wildman–Crippen MR) is 81.5 cm³/mol. The molecule has 0 amide bonds. The van der Waals surface area contributed by atoms with Gasteiger partial charge in [-0.25, -0.2) is 4.98 Å². The zero-order chi connectivity index (χ0) is 15.2. The number of imidazole rings is 1. The number of phenolic OH excluding ortho intramolecular Hbond substituents is 1. The van der Waals surface area contributed by atoms with Crippen molar-refractivity contribution in [3.05, 3.63) is 24.0 Å². The van der Waals surface area contributed by atoms with Crippen LogP contribution in [0.25, 0.3) is 11.0 Å². The van der Waals surface area contributed by atoms with Gasteiger partial charge in [-0.05, 0) is 19.1 Å². The van der Waals surface area contributed by atoms with Gasteiger partial charge in [0.25, 0.3) is 0 Å². The van der Waals surface area contributed by atoms with E-state index in [1.165, 1.54) is 0 Å². The molecule has 1 atom stereocenters. The molecule has 0 aliphatic heterocycles. The fourth-order valence-corrected chi connectivity index (χ4v) is 2.30. The van der Waals surface area contributed by atoms with Crippen LogP contribution in [0, 0.1) is 0 Å². The summed E-state index contributed by atoms with van der Waals surface area (Å²) in [6, 6.07) is 5.26. The van der Waals surface area contributed by atoms with Gasteiger partial charge in [-0.1, -0.05) is 0 Å². The quantitative estimate of drug-likeness (QED) is 0.778. The topological polar surface area (TPSA) is 70.6 Å². The normalized spacial score (nSPS) is 13.1. The molecule has 1 heterocycles. The van der Waals surface area contributed by atoms with E-state index >= 15 is 0 Å². The molecule has 0 bridgehead atoms. The standard InChI is InChI=1S/C15H23N3O3/c1-11(18(6-8-20-2)7-9-21-3)15-16-13-5-4-12(19)10-14(13)17-15/h4-5,10-11,19H,6-9H2,1-3H3,(H,16,17). The molecule has 2 rings (SSSR count). The van der Waals surface area contributed by atoms with E-state index in [1.54, 1.807) is 26.4 Å². The minimum atomic E-state index is 0.116. The van der Waals surface area contributed by atoms with Crippen LogP contribution in [0.5, 0.6) is 5.75 Å². The summed E-state index contributed by atoms with van der Waals surface area (Å²) in [6.07, 6.45) is 0. The van der Waals surface area contributed by atoms with E-state index in [-0.39, 0.29) is 11.8 Å². The summed E-state index contributed by atoms with van der Waals surface area (Å²) >= 11 is 0. The van der Waals surface area contributed by atoms with Gasteiger partial charge in [-0.3, -0.25) is 4.90 Å². The summed E-state index contributed by atoms with van der Waals surface area (Å²) in [6.45, 7) is 5.04. The van der Waals surface area contributed by atoms with Crippen molar-refractivity contribution in [3.8, 4) is 5.75 Å². The maximum atomic E-state index is 9.53. The summed E-state index contributed by atoms with van der Waals surface area (Å²) in [7, 11) is 3.40. The molecule has 1 aromatic heterocycles. The fraction of sp³-hybridized carbons (Fsp3) is 0.533. The number of ether oxygens (including phenoxy) is 2. The smallest absolute Gasteiger partial charge is 0.124 e. The number of nitrogens with zero attached hydrogens (tertiary/aromatic N) is 2. The predicted octanol–water partition coefficient (Wildman–Crippen LogP) is 1.92. The maximum Gasteiger partial charge on any atom is 0.124 e. The second-order valence-electron chi connectivity index (χ2n) is 5.02. The van der Waals surface area contributed by atoms with Crippen molar-refractivity contribution in [2.45, 2.75) is 13.0 Å². The van der Waals surface area contributed by atoms with Gasteiger partial charge < -0.3 is 19.6 Å². The van der Waals surface area contributed by atoms with Crippen LogP contribution in [0.1, 0.15) is 18.8 Å². The minimum absolute atomic E-state index is 0.116. The number of aromatic amines is 1. The molecule has 0 aliphatic carbocycles. The van der Waals surface area contributed by atoms with E-state index < -0.39 is 0 Å². The number of benzene rings is 1. The summed E-state index contributed by atoms with van der Waals surface area (Å²) in [5.41, 5.74) is 1.70. The van der Waals surface area contributed by atoms with Crippen LogP contribution in [0.4, 0.5) is 0 Å². The molecular weight excluding hydrogens is 270 g/mol. The lowest BCUT2D eigenvalue weighted by Gasteiger charge is -2.27. The molecule has 0 saturated heterocycles. The van der Waals surface area contributed by atoms with Crippen molar-refractivity contribution in [2.75, 3.05) is 40.5 Å². The Bertz CT molecular complexity index is 562. The molecule has 0 aliphatic rings. The van der Waals surface area contributed by atoms with Gasteiger partial charge in [-0.15, -0.1) is 0 Å². The summed E-state index contributed by atoms with van der Waals surface area (Å²) < 4.78 is 10.3. The third-order valence-corrected chi connectivity index (χ3v) is 3.59. The van der Waals surface area contributed by atoms with E-state index in [0.717, 1.165) is 29.9 Å². The Balaban J connectivity index is 2.17. The molecule has 0 spiro atoms. The number of aromatic nitrogens is 2. The number of rotatable bonds is 8. The first kappa shape index (κ1) is 15.8. The van der Waals surface area contributed by atoms with Crippen LogP contribution in [-0.2, 0) is 9.47 Å². The van der Waals surface area contributed by atoms with Crippen LogP contribution < -0.4 is 0 Å². The highest BCUT2D eigenvalue weighted by Crippen LogP contribution is 2.23. The molecule has 116 valence electrons. The summed E-state index contributed by atoms with van der Waals surface area (Å²) in [5, 5.41) is 9.53. The molecule has 1 aromatic carbocycles. The van der Waals surface area contributed by atoms with Gasteiger partial charge in [0, 0.05) is 33.4 Å². The van der Waals surface area contributed by atoms with Crippen molar-refractivity contribution in [1.29, 1.82) is 0 Å². The molecule has 6 nitrogen and oxygen atoms in total. The number of phenols is 1. The molecular formula is C15H23N3O3. The van der Waals surface area contributed by atoms with Crippen molar-refractivity contribution in [1.82, 2.24) is 14.9 Å². The highest BCUT2D eigenvalue weighted by atomic mass is 16.5. The third-order valence-electron chi connectivity index (χ3n) is 3.59. The van der Waals surface area contributed by atoms with Gasteiger partial charge >= 0.3 is 0 Å². The first-order valence-corrected chi connectivity index (χ1v) is 7.06. The van der Waals surface area contributed by atoms with Gasteiger partial charge in [0.2, 0.25) is 0 Å². The van der Waals surface area contributed by atoms with E-state index in [1.807, 2.05) is 6.07 Å². The maximum absolute atomic E-state index is 9.53. The van der Waals surface area contributed by atoms with E-state index in [9.17, 15) is 5.11 Å². The first-order chi connectivity index (χ1) is 10.2. The molecule has 0 fully saturated rings. The highest BCUT2D eigenvalue weighted by molar-refractivity contribution is 5.76.